The lowest BCUT2D eigenvalue weighted by Crippen LogP contribution is -2.44. The van der Waals surface area contributed by atoms with E-state index in [-0.39, 0.29) is 11.1 Å². The Bertz CT molecular complexity index is 351. The van der Waals surface area contributed by atoms with Gasteiger partial charge in [-0.3, -0.25) is 0 Å². The molecule has 3 nitrogen and oxygen atoms in total. The average molecular weight is 286 g/mol. The van der Waals surface area contributed by atoms with Gasteiger partial charge in [0.05, 0.1) is 18.3 Å². The quantitative estimate of drug-likeness (QED) is 0.616. The smallest absolute Gasteiger partial charge is 0.192 e. The van der Waals surface area contributed by atoms with E-state index in [0.29, 0.717) is 0 Å². The molecule has 112 valence electrons. The summed E-state index contributed by atoms with van der Waals surface area (Å²) in [6, 6.07) is 0. The maximum Gasteiger partial charge on any atom is 0.192 e. The third-order valence-corrected chi connectivity index (χ3v) is 9.08. The van der Waals surface area contributed by atoms with Crippen LogP contribution in [0.1, 0.15) is 47.5 Å². The van der Waals surface area contributed by atoms with E-state index in [4.69, 9.17) is 4.43 Å². The maximum absolute atomic E-state index is 10.0. The first kappa shape index (κ1) is 16.9. The summed E-state index contributed by atoms with van der Waals surface area (Å²) in [6.07, 6.45) is 0.662. The summed E-state index contributed by atoms with van der Waals surface area (Å²) in [7, 11) is -1.85. The second kappa shape index (κ2) is 5.68. The third kappa shape index (κ3) is 3.69. The monoisotopic (exact) mass is 286 g/mol. The maximum atomic E-state index is 10.0. The topological polar surface area (TPSA) is 49.7 Å². The van der Waals surface area contributed by atoms with Gasteiger partial charge in [0.2, 0.25) is 0 Å². The highest BCUT2D eigenvalue weighted by molar-refractivity contribution is 6.74. The van der Waals surface area contributed by atoms with Crippen LogP contribution in [-0.2, 0) is 4.43 Å². The van der Waals surface area contributed by atoms with E-state index in [1.165, 1.54) is 0 Å². The fourth-order valence-electron chi connectivity index (χ4n) is 2.44. The lowest BCUT2D eigenvalue weighted by atomic mass is 10.0. The first-order valence-electron chi connectivity index (χ1n) is 7.24. The Morgan fingerprint density at radius 2 is 1.68 bits per heavy atom. The molecular formula is C15H30O3Si. The first-order valence-corrected chi connectivity index (χ1v) is 10.1. The summed E-state index contributed by atoms with van der Waals surface area (Å²) >= 11 is 0. The van der Waals surface area contributed by atoms with Crippen molar-refractivity contribution in [2.24, 2.45) is 0 Å². The van der Waals surface area contributed by atoms with Crippen molar-refractivity contribution in [2.75, 3.05) is 0 Å². The second-order valence-electron chi connectivity index (χ2n) is 7.24. The van der Waals surface area contributed by atoms with Gasteiger partial charge >= 0.3 is 0 Å². The normalized spacial score (nSPS) is 24.8. The van der Waals surface area contributed by atoms with Crippen molar-refractivity contribution in [2.45, 2.75) is 83.9 Å². The summed E-state index contributed by atoms with van der Waals surface area (Å²) in [5.41, 5.74) is 1.89. The zero-order valence-electron chi connectivity index (χ0n) is 13.4. The Morgan fingerprint density at radius 1 is 1.16 bits per heavy atom. The Morgan fingerprint density at radius 3 is 2.05 bits per heavy atom. The van der Waals surface area contributed by atoms with Crippen molar-refractivity contribution < 1.29 is 14.6 Å². The molecule has 1 rings (SSSR count). The predicted molar refractivity (Wildman–Crippen MR) is 81.7 cm³/mol. The molecular weight excluding hydrogens is 256 g/mol. The first-order chi connectivity index (χ1) is 8.47. The summed E-state index contributed by atoms with van der Waals surface area (Å²) < 4.78 is 6.43. The molecule has 0 saturated carbocycles. The highest BCUT2D eigenvalue weighted by atomic mass is 28.4. The lowest BCUT2D eigenvalue weighted by Gasteiger charge is -2.39. The van der Waals surface area contributed by atoms with Crippen molar-refractivity contribution in [1.82, 2.24) is 0 Å². The van der Waals surface area contributed by atoms with Crippen LogP contribution >= 0.6 is 0 Å². The van der Waals surface area contributed by atoms with Gasteiger partial charge in [0.15, 0.2) is 8.32 Å². The SMILES string of the molecule is CC(O)C1=C(C(C)O)C(O[Si](C)(C)C(C)(C)C)CC1. The molecule has 0 aromatic rings. The molecule has 0 aromatic heterocycles. The van der Waals surface area contributed by atoms with Gasteiger partial charge in [-0.25, -0.2) is 0 Å². The minimum Gasteiger partial charge on any atom is -0.410 e. The van der Waals surface area contributed by atoms with Crippen molar-refractivity contribution in [3.63, 3.8) is 0 Å². The van der Waals surface area contributed by atoms with Crippen LogP contribution in [-0.4, -0.2) is 36.8 Å². The summed E-state index contributed by atoms with van der Waals surface area (Å²) in [6.45, 7) is 14.7. The van der Waals surface area contributed by atoms with Gasteiger partial charge in [0.1, 0.15) is 0 Å². The molecule has 0 aromatic carbocycles. The van der Waals surface area contributed by atoms with Gasteiger partial charge in [-0.1, -0.05) is 20.8 Å². The molecule has 4 heteroatoms. The fourth-order valence-corrected chi connectivity index (χ4v) is 3.75. The molecule has 0 bridgehead atoms. The summed E-state index contributed by atoms with van der Waals surface area (Å²) in [5.74, 6) is 0. The van der Waals surface area contributed by atoms with Crippen LogP contribution in [0.4, 0.5) is 0 Å². The molecule has 2 N–H and O–H groups in total. The highest BCUT2D eigenvalue weighted by Crippen LogP contribution is 2.41. The van der Waals surface area contributed by atoms with E-state index in [0.717, 1.165) is 24.0 Å². The average Bonchev–Trinajstić information content (AvgIpc) is 2.58. The Hall–Kier alpha value is -0.163. The Labute approximate surface area is 118 Å². The van der Waals surface area contributed by atoms with Crippen molar-refractivity contribution in [3.05, 3.63) is 11.1 Å². The highest BCUT2D eigenvalue weighted by Gasteiger charge is 2.42. The van der Waals surface area contributed by atoms with Crippen LogP contribution in [0.25, 0.3) is 0 Å². The molecule has 0 aliphatic heterocycles. The summed E-state index contributed by atoms with van der Waals surface area (Å²) in [5, 5.41) is 20.0. The van der Waals surface area contributed by atoms with Crippen molar-refractivity contribution in [1.29, 1.82) is 0 Å². The molecule has 1 aliphatic rings. The predicted octanol–water partition coefficient (Wildman–Crippen LogP) is 3.23. The van der Waals surface area contributed by atoms with Crippen LogP contribution in [0.5, 0.6) is 0 Å². The largest absolute Gasteiger partial charge is 0.410 e. The van der Waals surface area contributed by atoms with Crippen molar-refractivity contribution >= 4 is 8.32 Å². The van der Waals surface area contributed by atoms with Crippen LogP contribution in [0, 0.1) is 0 Å². The van der Waals surface area contributed by atoms with Crippen LogP contribution in [0.15, 0.2) is 11.1 Å². The van der Waals surface area contributed by atoms with Crippen molar-refractivity contribution in [3.8, 4) is 0 Å². The molecule has 1 aliphatic carbocycles. The van der Waals surface area contributed by atoms with Gasteiger partial charge in [-0.05, 0) is 56.0 Å². The second-order valence-corrected chi connectivity index (χ2v) is 12.0. The number of aliphatic hydroxyl groups is 2. The van der Waals surface area contributed by atoms with Crippen LogP contribution < -0.4 is 0 Å². The van der Waals surface area contributed by atoms with Gasteiger partial charge in [0.25, 0.3) is 0 Å². The number of hydrogen-bond donors (Lipinski definition) is 2. The van der Waals surface area contributed by atoms with E-state index in [2.05, 4.69) is 33.9 Å². The zero-order chi connectivity index (χ0) is 15.0. The van der Waals surface area contributed by atoms with Gasteiger partial charge in [-0.15, -0.1) is 0 Å². The molecule has 19 heavy (non-hydrogen) atoms. The van der Waals surface area contributed by atoms with Crippen LogP contribution in [0.3, 0.4) is 0 Å². The Kier molecular flexibility index (Phi) is 5.05. The molecule has 0 fully saturated rings. The fraction of sp³-hybridized carbons (Fsp3) is 0.867. The number of aliphatic hydroxyl groups excluding tert-OH is 2. The summed E-state index contributed by atoms with van der Waals surface area (Å²) in [4.78, 5) is 0. The van der Waals surface area contributed by atoms with E-state index in [1.807, 2.05) is 0 Å². The third-order valence-electron chi connectivity index (χ3n) is 4.59. The number of hydrogen-bond acceptors (Lipinski definition) is 3. The molecule has 3 unspecified atom stereocenters. The van der Waals surface area contributed by atoms with E-state index < -0.39 is 20.5 Å². The van der Waals surface area contributed by atoms with E-state index >= 15 is 0 Å². The number of rotatable bonds is 4. The van der Waals surface area contributed by atoms with Crippen LogP contribution in [0.2, 0.25) is 18.1 Å². The molecule has 0 spiro atoms. The van der Waals surface area contributed by atoms with E-state index in [9.17, 15) is 10.2 Å². The standard InChI is InChI=1S/C15H30O3Si/c1-10(16)12-8-9-13(14(12)11(2)17)18-19(6,7)15(3,4)5/h10-11,13,16-17H,8-9H2,1-7H3. The molecule has 3 atom stereocenters. The molecule has 0 heterocycles. The lowest BCUT2D eigenvalue weighted by molar-refractivity contribution is 0.158. The molecule has 0 saturated heterocycles. The molecule has 0 radical (unpaired) electrons. The minimum absolute atomic E-state index is 0.0227. The molecule has 0 amide bonds. The van der Waals surface area contributed by atoms with Gasteiger partial charge in [-0.2, -0.15) is 0 Å². The van der Waals surface area contributed by atoms with Gasteiger partial charge in [0, 0.05) is 0 Å². The van der Waals surface area contributed by atoms with E-state index in [1.54, 1.807) is 13.8 Å². The van der Waals surface area contributed by atoms with Gasteiger partial charge < -0.3 is 14.6 Å². The zero-order valence-corrected chi connectivity index (χ0v) is 14.4. The Balaban J connectivity index is 2.98. The minimum atomic E-state index is -1.85.